The topological polar surface area (TPSA) is 74.8 Å². The SMILES string of the molecule is CC(C)C1CC(=O)N(CCN2C(=O)C=CC2=O)C1=O. The first kappa shape index (κ1) is 13.5. The van der Waals surface area contributed by atoms with Crippen LogP contribution in [-0.4, -0.2) is 46.5 Å². The highest BCUT2D eigenvalue weighted by atomic mass is 16.2. The summed E-state index contributed by atoms with van der Waals surface area (Å²) in [5, 5.41) is 0. The first-order valence-electron chi connectivity index (χ1n) is 6.29. The number of carbonyl (C=O) groups is 4. The zero-order valence-electron chi connectivity index (χ0n) is 11.0. The second kappa shape index (κ2) is 4.95. The lowest BCUT2D eigenvalue weighted by Gasteiger charge is -2.20. The molecule has 0 spiro atoms. The molecule has 2 rings (SSSR count). The molecule has 0 bridgehead atoms. The zero-order chi connectivity index (χ0) is 14.2. The molecule has 2 aliphatic heterocycles. The Bertz CT molecular complexity index is 463. The quantitative estimate of drug-likeness (QED) is 0.667. The zero-order valence-corrected chi connectivity index (χ0v) is 11.0. The molecular weight excluding hydrogens is 248 g/mol. The predicted octanol–water partition coefficient (Wildman–Crippen LogP) is -0.0575. The summed E-state index contributed by atoms with van der Waals surface area (Å²) in [5.41, 5.74) is 0. The molecule has 0 aromatic heterocycles. The standard InChI is InChI=1S/C13H16N2O4/c1-8(2)9-7-12(18)15(13(9)19)6-5-14-10(16)3-4-11(14)17/h3-4,8-9H,5-7H2,1-2H3. The van der Waals surface area contributed by atoms with Crippen molar-refractivity contribution in [2.24, 2.45) is 11.8 Å². The van der Waals surface area contributed by atoms with Gasteiger partial charge in [0.1, 0.15) is 0 Å². The summed E-state index contributed by atoms with van der Waals surface area (Å²) < 4.78 is 0. The Balaban J connectivity index is 1.97. The molecular formula is C13H16N2O4. The third kappa shape index (κ3) is 2.43. The molecule has 6 heteroatoms. The van der Waals surface area contributed by atoms with Crippen molar-refractivity contribution in [2.45, 2.75) is 20.3 Å². The van der Waals surface area contributed by atoms with Gasteiger partial charge in [-0.2, -0.15) is 0 Å². The van der Waals surface area contributed by atoms with Gasteiger partial charge >= 0.3 is 0 Å². The van der Waals surface area contributed by atoms with Gasteiger partial charge in [-0.1, -0.05) is 13.8 Å². The molecule has 19 heavy (non-hydrogen) atoms. The van der Waals surface area contributed by atoms with Gasteiger partial charge in [0, 0.05) is 37.6 Å². The Morgan fingerprint density at radius 2 is 1.58 bits per heavy atom. The number of nitrogens with zero attached hydrogens (tertiary/aromatic N) is 2. The number of carbonyl (C=O) groups excluding carboxylic acids is 4. The number of hydrogen-bond donors (Lipinski definition) is 0. The van der Waals surface area contributed by atoms with Gasteiger partial charge in [-0.25, -0.2) is 0 Å². The van der Waals surface area contributed by atoms with Crippen LogP contribution in [0.3, 0.4) is 0 Å². The predicted molar refractivity (Wildman–Crippen MR) is 65.5 cm³/mol. The Labute approximate surface area is 111 Å². The number of imide groups is 2. The van der Waals surface area contributed by atoms with Crippen LogP contribution in [0, 0.1) is 11.8 Å². The van der Waals surface area contributed by atoms with Crippen LogP contribution in [0.4, 0.5) is 0 Å². The van der Waals surface area contributed by atoms with Gasteiger partial charge in [0.25, 0.3) is 11.8 Å². The largest absolute Gasteiger partial charge is 0.281 e. The molecule has 2 heterocycles. The van der Waals surface area contributed by atoms with E-state index in [0.717, 1.165) is 9.80 Å². The molecule has 0 saturated carbocycles. The molecule has 0 aliphatic carbocycles. The molecule has 102 valence electrons. The minimum Gasteiger partial charge on any atom is -0.281 e. The summed E-state index contributed by atoms with van der Waals surface area (Å²) in [6.07, 6.45) is 2.59. The summed E-state index contributed by atoms with van der Waals surface area (Å²) in [6, 6.07) is 0. The lowest BCUT2D eigenvalue weighted by molar-refractivity contribution is -0.143. The number of amides is 4. The van der Waals surface area contributed by atoms with E-state index in [1.165, 1.54) is 12.2 Å². The smallest absolute Gasteiger partial charge is 0.253 e. The van der Waals surface area contributed by atoms with Gasteiger partial charge in [-0.15, -0.1) is 0 Å². The van der Waals surface area contributed by atoms with Crippen molar-refractivity contribution in [3.8, 4) is 0 Å². The van der Waals surface area contributed by atoms with Gasteiger partial charge in [0.15, 0.2) is 0 Å². The molecule has 1 unspecified atom stereocenters. The van der Waals surface area contributed by atoms with Gasteiger partial charge in [-0.3, -0.25) is 29.0 Å². The van der Waals surface area contributed by atoms with Crippen LogP contribution in [0.25, 0.3) is 0 Å². The maximum Gasteiger partial charge on any atom is 0.253 e. The van der Waals surface area contributed by atoms with Crippen LogP contribution < -0.4 is 0 Å². The van der Waals surface area contributed by atoms with Crippen molar-refractivity contribution in [1.82, 2.24) is 9.80 Å². The second-order valence-electron chi connectivity index (χ2n) is 5.10. The normalized spacial score (nSPS) is 23.4. The molecule has 1 fully saturated rings. The Morgan fingerprint density at radius 1 is 1.05 bits per heavy atom. The fourth-order valence-corrected chi connectivity index (χ4v) is 2.32. The van der Waals surface area contributed by atoms with Gasteiger partial charge in [0.2, 0.25) is 11.8 Å². The summed E-state index contributed by atoms with van der Waals surface area (Å²) in [5.74, 6) is -1.40. The van der Waals surface area contributed by atoms with E-state index >= 15 is 0 Å². The molecule has 0 aromatic rings. The van der Waals surface area contributed by atoms with Crippen LogP contribution in [0.1, 0.15) is 20.3 Å². The van der Waals surface area contributed by atoms with Crippen LogP contribution in [0.5, 0.6) is 0 Å². The second-order valence-corrected chi connectivity index (χ2v) is 5.10. The monoisotopic (exact) mass is 264 g/mol. The van der Waals surface area contributed by atoms with Crippen LogP contribution in [0.2, 0.25) is 0 Å². The lowest BCUT2D eigenvalue weighted by atomic mass is 9.94. The Hall–Kier alpha value is -1.98. The first-order chi connectivity index (χ1) is 8.91. The van der Waals surface area contributed by atoms with E-state index in [2.05, 4.69) is 0 Å². The molecule has 1 saturated heterocycles. The number of rotatable bonds is 4. The highest BCUT2D eigenvalue weighted by molar-refractivity contribution is 6.13. The highest BCUT2D eigenvalue weighted by Crippen LogP contribution is 2.26. The maximum absolute atomic E-state index is 12.0. The van der Waals surface area contributed by atoms with Crippen LogP contribution >= 0.6 is 0 Å². The van der Waals surface area contributed by atoms with Crippen LogP contribution in [0.15, 0.2) is 12.2 Å². The Kier molecular flexibility index (Phi) is 3.50. The van der Waals surface area contributed by atoms with E-state index < -0.39 is 11.8 Å². The third-order valence-electron chi connectivity index (χ3n) is 3.53. The molecule has 0 N–H and O–H groups in total. The number of likely N-dealkylation sites (tertiary alicyclic amines) is 1. The number of hydrogen-bond acceptors (Lipinski definition) is 4. The van der Waals surface area contributed by atoms with E-state index in [9.17, 15) is 19.2 Å². The fourth-order valence-electron chi connectivity index (χ4n) is 2.32. The molecule has 1 atom stereocenters. The van der Waals surface area contributed by atoms with Gasteiger partial charge in [0.05, 0.1) is 0 Å². The van der Waals surface area contributed by atoms with Crippen molar-refractivity contribution < 1.29 is 19.2 Å². The highest BCUT2D eigenvalue weighted by Gasteiger charge is 2.40. The van der Waals surface area contributed by atoms with E-state index in [1.54, 1.807) is 0 Å². The molecule has 6 nitrogen and oxygen atoms in total. The average molecular weight is 264 g/mol. The minimum atomic E-state index is -0.399. The fraction of sp³-hybridized carbons (Fsp3) is 0.538. The van der Waals surface area contributed by atoms with Crippen molar-refractivity contribution in [3.05, 3.63) is 12.2 Å². The van der Waals surface area contributed by atoms with Crippen molar-refractivity contribution >= 4 is 23.6 Å². The van der Waals surface area contributed by atoms with E-state index in [4.69, 9.17) is 0 Å². The van der Waals surface area contributed by atoms with Gasteiger partial charge in [-0.05, 0) is 5.92 Å². The molecule has 4 amide bonds. The summed E-state index contributed by atoms with van der Waals surface area (Å²) in [6.45, 7) is 3.95. The Morgan fingerprint density at radius 3 is 2.05 bits per heavy atom. The van der Waals surface area contributed by atoms with Crippen molar-refractivity contribution in [3.63, 3.8) is 0 Å². The van der Waals surface area contributed by atoms with E-state index in [-0.39, 0.29) is 43.2 Å². The average Bonchev–Trinajstić information content (AvgIpc) is 2.80. The summed E-state index contributed by atoms with van der Waals surface area (Å²) in [7, 11) is 0. The molecule has 0 radical (unpaired) electrons. The summed E-state index contributed by atoms with van der Waals surface area (Å²) >= 11 is 0. The van der Waals surface area contributed by atoms with E-state index in [1.807, 2.05) is 13.8 Å². The van der Waals surface area contributed by atoms with Gasteiger partial charge < -0.3 is 0 Å². The molecule has 0 aromatic carbocycles. The maximum atomic E-state index is 12.0. The lowest BCUT2D eigenvalue weighted by Crippen LogP contribution is -2.41. The van der Waals surface area contributed by atoms with Crippen LogP contribution in [-0.2, 0) is 19.2 Å². The van der Waals surface area contributed by atoms with Crippen molar-refractivity contribution in [1.29, 1.82) is 0 Å². The summed E-state index contributed by atoms with van der Waals surface area (Å²) in [4.78, 5) is 48.7. The minimum absolute atomic E-state index is 0.0625. The van der Waals surface area contributed by atoms with Crippen molar-refractivity contribution in [2.75, 3.05) is 13.1 Å². The third-order valence-corrected chi connectivity index (χ3v) is 3.53. The van der Waals surface area contributed by atoms with E-state index in [0.29, 0.717) is 0 Å². The first-order valence-corrected chi connectivity index (χ1v) is 6.29. The molecule has 2 aliphatic rings.